The van der Waals surface area contributed by atoms with E-state index in [0.29, 0.717) is 0 Å². The van der Waals surface area contributed by atoms with Gasteiger partial charge in [0.1, 0.15) is 0 Å². The van der Waals surface area contributed by atoms with Gasteiger partial charge in [-0.1, -0.05) is 177 Å². The van der Waals surface area contributed by atoms with Crippen molar-refractivity contribution in [1.82, 2.24) is 4.57 Å². The zero-order valence-corrected chi connectivity index (χ0v) is 33.9. The summed E-state index contributed by atoms with van der Waals surface area (Å²) in [7, 11) is 0. The summed E-state index contributed by atoms with van der Waals surface area (Å²) in [6, 6.07) is 77.4. The average molecular weight is 766 g/mol. The first-order valence-corrected chi connectivity index (χ1v) is 21.4. The average Bonchev–Trinajstić information content (AvgIpc) is 3.91. The van der Waals surface area contributed by atoms with E-state index in [9.17, 15) is 0 Å². The number of benzene rings is 9. The molecule has 10 aromatic rings. The summed E-state index contributed by atoms with van der Waals surface area (Å²) in [4.78, 5) is 0. The largest absolute Gasteiger partial charge is 0.309 e. The van der Waals surface area contributed by atoms with E-state index in [1.54, 1.807) is 0 Å². The van der Waals surface area contributed by atoms with E-state index in [1.165, 1.54) is 111 Å². The Labute approximate surface area is 351 Å². The molecule has 12 rings (SSSR count). The molecule has 0 radical (unpaired) electrons. The summed E-state index contributed by atoms with van der Waals surface area (Å²) in [5, 5.41) is 2.54. The minimum Gasteiger partial charge on any atom is -0.309 e. The Morgan fingerprint density at radius 1 is 0.417 bits per heavy atom. The molecule has 2 aliphatic rings. The molecular weight excluding hydrogens is 723 g/mol. The number of aromatic nitrogens is 1. The smallest absolute Gasteiger partial charge is 0.0725 e. The van der Waals surface area contributed by atoms with Crippen LogP contribution in [0.4, 0.5) is 0 Å². The molecule has 0 N–H and O–H groups in total. The van der Waals surface area contributed by atoms with Crippen LogP contribution in [0.25, 0.3) is 72.0 Å². The molecule has 9 aromatic carbocycles. The lowest BCUT2D eigenvalue weighted by atomic mass is 9.70. The van der Waals surface area contributed by atoms with Gasteiger partial charge in [0.25, 0.3) is 0 Å². The van der Waals surface area contributed by atoms with Gasteiger partial charge in [0.05, 0.1) is 16.4 Å². The Kier molecular flexibility index (Phi) is 7.78. The fourth-order valence-electron chi connectivity index (χ4n) is 11.1. The van der Waals surface area contributed by atoms with Gasteiger partial charge in [0, 0.05) is 22.4 Å². The van der Waals surface area contributed by atoms with Crippen molar-refractivity contribution < 1.29 is 0 Å². The van der Waals surface area contributed by atoms with Gasteiger partial charge in [0.15, 0.2) is 0 Å². The Balaban J connectivity index is 0.992. The van der Waals surface area contributed by atoms with Gasteiger partial charge < -0.3 is 4.57 Å². The van der Waals surface area contributed by atoms with Gasteiger partial charge in [-0.25, -0.2) is 0 Å². The van der Waals surface area contributed by atoms with Crippen LogP contribution in [0, 0.1) is 6.92 Å². The lowest BCUT2D eigenvalue weighted by molar-refractivity contribution is 0.761. The van der Waals surface area contributed by atoms with Crippen molar-refractivity contribution in [1.29, 1.82) is 0 Å². The van der Waals surface area contributed by atoms with Crippen molar-refractivity contribution in [2.75, 3.05) is 0 Å². The summed E-state index contributed by atoms with van der Waals surface area (Å²) < 4.78 is 2.39. The van der Waals surface area contributed by atoms with E-state index in [2.05, 4.69) is 225 Å². The van der Waals surface area contributed by atoms with Crippen LogP contribution >= 0.6 is 0 Å². The number of hydrogen-bond acceptors (Lipinski definition) is 0. The first kappa shape index (κ1) is 34.8. The summed E-state index contributed by atoms with van der Waals surface area (Å²) >= 11 is 0. The predicted octanol–water partition coefficient (Wildman–Crippen LogP) is 15.3. The molecule has 0 fully saturated rings. The third kappa shape index (κ3) is 4.87. The highest BCUT2D eigenvalue weighted by molar-refractivity contribution is 6.10. The van der Waals surface area contributed by atoms with Crippen molar-refractivity contribution in [2.45, 2.75) is 31.6 Å². The van der Waals surface area contributed by atoms with Crippen molar-refractivity contribution in [2.24, 2.45) is 0 Å². The normalized spacial score (nSPS) is 13.6. The molecule has 0 saturated heterocycles. The van der Waals surface area contributed by atoms with E-state index in [4.69, 9.17) is 0 Å². The molecule has 1 spiro atoms. The Morgan fingerprint density at radius 2 is 0.967 bits per heavy atom. The van der Waals surface area contributed by atoms with Crippen molar-refractivity contribution in [3.05, 3.63) is 245 Å². The third-order valence-electron chi connectivity index (χ3n) is 13.7. The highest BCUT2D eigenvalue weighted by atomic mass is 15.0. The van der Waals surface area contributed by atoms with Gasteiger partial charge in [-0.15, -0.1) is 0 Å². The Hall–Kier alpha value is -7.22. The van der Waals surface area contributed by atoms with Crippen LogP contribution in [0.15, 0.2) is 206 Å². The summed E-state index contributed by atoms with van der Waals surface area (Å²) in [5.41, 5.74) is 23.3. The second kappa shape index (κ2) is 13.4. The second-order valence-corrected chi connectivity index (χ2v) is 16.7. The number of fused-ring (bicyclic) bond motifs is 13. The zero-order chi connectivity index (χ0) is 40.0. The van der Waals surface area contributed by atoms with Gasteiger partial charge in [-0.05, 0) is 133 Å². The molecule has 0 saturated carbocycles. The molecule has 284 valence electrons. The van der Waals surface area contributed by atoms with Gasteiger partial charge in [-0.3, -0.25) is 0 Å². The molecule has 2 aliphatic carbocycles. The second-order valence-electron chi connectivity index (χ2n) is 16.7. The van der Waals surface area contributed by atoms with Crippen LogP contribution in [-0.4, -0.2) is 4.57 Å². The molecule has 0 bridgehead atoms. The molecule has 1 aromatic heterocycles. The van der Waals surface area contributed by atoms with Crippen LogP contribution in [0.3, 0.4) is 0 Å². The van der Waals surface area contributed by atoms with Gasteiger partial charge in [-0.2, -0.15) is 0 Å². The Bertz CT molecular complexity index is 3260. The van der Waals surface area contributed by atoms with Crippen molar-refractivity contribution in [3.8, 4) is 50.2 Å². The maximum absolute atomic E-state index is 2.57. The van der Waals surface area contributed by atoms with Crippen molar-refractivity contribution >= 4 is 21.8 Å². The molecule has 60 heavy (non-hydrogen) atoms. The lowest BCUT2D eigenvalue weighted by Crippen LogP contribution is -2.26. The van der Waals surface area contributed by atoms with E-state index < -0.39 is 0 Å². The van der Waals surface area contributed by atoms with Crippen LogP contribution in [0.2, 0.25) is 0 Å². The highest BCUT2D eigenvalue weighted by Gasteiger charge is 2.51. The maximum Gasteiger partial charge on any atom is 0.0725 e. The first-order valence-electron chi connectivity index (χ1n) is 21.4. The quantitative estimate of drug-likeness (QED) is 0.159. The fourth-order valence-corrected chi connectivity index (χ4v) is 11.1. The molecule has 0 amide bonds. The topological polar surface area (TPSA) is 4.93 Å². The standard InChI is InChI=1S/C59H43N/c1-3-43(41-31-33-49-48-23-11-15-27-55(48)59(56(49)37-41)53-25-13-9-21-46(53)47-22-10-14-26-54(47)59)44-19-7-8-20-45(44)51-35-39(30-29-38(51)2)40-32-34-58-52(36-40)50-24-12-16-28-57(50)60(58)42-17-5-4-6-18-42/h4-37,43H,3H2,1-2H3. The van der Waals surface area contributed by atoms with Gasteiger partial charge in [0.2, 0.25) is 0 Å². The van der Waals surface area contributed by atoms with E-state index >= 15 is 0 Å². The molecule has 1 nitrogen and oxygen atoms in total. The fraction of sp³-hybridized carbons (Fsp3) is 0.0847. The molecule has 0 aliphatic heterocycles. The first-order chi connectivity index (χ1) is 29.6. The summed E-state index contributed by atoms with van der Waals surface area (Å²) in [6.07, 6.45) is 0.990. The Morgan fingerprint density at radius 3 is 1.67 bits per heavy atom. The van der Waals surface area contributed by atoms with Crippen LogP contribution in [-0.2, 0) is 5.41 Å². The van der Waals surface area contributed by atoms with E-state index in [0.717, 1.165) is 6.42 Å². The lowest BCUT2D eigenvalue weighted by Gasteiger charge is -2.31. The summed E-state index contributed by atoms with van der Waals surface area (Å²) in [6.45, 7) is 4.61. The van der Waals surface area contributed by atoms with Crippen LogP contribution < -0.4 is 0 Å². The van der Waals surface area contributed by atoms with Crippen LogP contribution in [0.1, 0.15) is 58.2 Å². The monoisotopic (exact) mass is 765 g/mol. The summed E-state index contributed by atoms with van der Waals surface area (Å²) in [5.74, 6) is 0.211. The number of rotatable bonds is 6. The molecule has 1 heterocycles. The van der Waals surface area contributed by atoms with Crippen LogP contribution in [0.5, 0.6) is 0 Å². The zero-order valence-electron chi connectivity index (χ0n) is 33.9. The SMILES string of the molecule is CCC(c1ccc2c(c1)C1(c3ccccc3-c3ccccc31)c1ccccc1-2)c1ccccc1-c1cc(-c2ccc3c(c2)c2ccccc2n3-c2ccccc2)ccc1C. The molecule has 1 unspecified atom stereocenters. The third-order valence-corrected chi connectivity index (χ3v) is 13.7. The highest BCUT2D eigenvalue weighted by Crippen LogP contribution is 2.63. The molecular formula is C59H43N. The number of aryl methyl sites for hydroxylation is 1. The van der Waals surface area contributed by atoms with E-state index in [1.807, 2.05) is 0 Å². The molecule has 1 atom stereocenters. The predicted molar refractivity (Wildman–Crippen MR) is 251 cm³/mol. The maximum atomic E-state index is 2.57. The van der Waals surface area contributed by atoms with E-state index in [-0.39, 0.29) is 11.3 Å². The minimum absolute atomic E-state index is 0.211. The number of nitrogens with zero attached hydrogens (tertiary/aromatic N) is 1. The number of para-hydroxylation sites is 2. The molecule has 1 heteroatoms. The van der Waals surface area contributed by atoms with Crippen molar-refractivity contribution in [3.63, 3.8) is 0 Å². The van der Waals surface area contributed by atoms with Gasteiger partial charge >= 0.3 is 0 Å². The number of hydrogen-bond donors (Lipinski definition) is 0. The minimum atomic E-state index is -0.355.